The summed E-state index contributed by atoms with van der Waals surface area (Å²) in [6.45, 7) is 15.5. The van der Waals surface area contributed by atoms with Gasteiger partial charge >= 0.3 is 73.8 Å². The zero-order valence-corrected chi connectivity index (χ0v) is 45.9. The second-order valence-corrected chi connectivity index (χ2v) is 13.9. The van der Waals surface area contributed by atoms with Gasteiger partial charge in [0.1, 0.15) is 12.0 Å². The number of aryl methyl sites for hydroxylation is 1. The number of thioether (sulfide) groups is 1. The van der Waals surface area contributed by atoms with E-state index in [9.17, 15) is 37.2 Å². The Morgan fingerprint density at radius 3 is 1.22 bits per heavy atom. The molecule has 3 aromatic carbocycles. The van der Waals surface area contributed by atoms with Crippen LogP contribution in [0.1, 0.15) is 93.1 Å². The minimum atomic E-state index is -3.32. The number of hydrogen-bond donors (Lipinski definition) is 3. The van der Waals surface area contributed by atoms with Crippen molar-refractivity contribution in [3.63, 3.8) is 0 Å². The minimum absolute atomic E-state index is 0. The summed E-state index contributed by atoms with van der Waals surface area (Å²) in [5.74, 6) is -3.33. The van der Waals surface area contributed by atoms with Crippen molar-refractivity contribution >= 4 is 139 Å². The monoisotopic (exact) mass is 982 g/mol. The van der Waals surface area contributed by atoms with Crippen LogP contribution in [-0.4, -0.2) is 139 Å². The Balaban J connectivity index is -0.000000133. The van der Waals surface area contributed by atoms with Crippen LogP contribution < -0.4 is 0 Å². The standard InChI is InChI=1S/C20H14O2.C8H8O.C3H6O4S.C3H6O2S.C3H6O2.3C2H6.2CO2.2Na.H2S/c21-19-11-15-7-3-1-5-13(15)9-17(19)18-10-14-6-2-4-8-16(14)12-20(18)22;1-7-4-2-3-5-8(7)6-9;1-8(6,7)2-3(4)5;1-6-2-3(4)5;1-2-3(4)5;3*1-2;2*2-1-3;;;/h1-10H,11-12H2;2-6H,1H3;2H2,1H3,(H,4,5);2H2,1H3,(H,4,5);2H2,1H3,(H,4,5);3*1-2H3;;;;;1H2. The molecule has 0 unspecified atom stereocenters. The van der Waals surface area contributed by atoms with E-state index in [1.54, 1.807) is 13.2 Å². The summed E-state index contributed by atoms with van der Waals surface area (Å²) in [5.41, 5.74) is 7.04. The summed E-state index contributed by atoms with van der Waals surface area (Å²) >= 11 is 4.20. The van der Waals surface area contributed by atoms with Crippen LogP contribution in [0.2, 0.25) is 0 Å². The van der Waals surface area contributed by atoms with Crippen LogP contribution >= 0.6 is 25.3 Å². The molecule has 15 nitrogen and oxygen atoms in total. The van der Waals surface area contributed by atoms with Gasteiger partial charge in [-0.1, -0.05) is 121 Å². The van der Waals surface area contributed by atoms with Crippen LogP contribution in [0.5, 0.6) is 0 Å². The molecular formula is C45H60Na2O15S3. The Morgan fingerprint density at radius 2 is 1.00 bits per heavy atom. The molecule has 3 aromatic rings. The Kier molecular flexibility index (Phi) is 59.0. The summed E-state index contributed by atoms with van der Waals surface area (Å²) in [5, 5.41) is 23.5. The van der Waals surface area contributed by atoms with Gasteiger partial charge in [-0.15, -0.1) is 0 Å². The van der Waals surface area contributed by atoms with E-state index in [1.165, 1.54) is 55.4 Å². The molecule has 0 amide bonds. The molecule has 2 aliphatic carbocycles. The molecule has 5 rings (SSSR count). The number of allylic oxidation sites excluding steroid dienone is 2. The summed E-state index contributed by atoms with van der Waals surface area (Å²) in [4.78, 5) is 96.2. The first kappa shape index (κ1) is 75.3. The second kappa shape index (κ2) is 51.0. The maximum absolute atomic E-state index is 12.5. The first-order valence-corrected chi connectivity index (χ1v) is 31.3. The van der Waals surface area contributed by atoms with Gasteiger partial charge in [0.05, 0.1) is 5.75 Å². The van der Waals surface area contributed by atoms with E-state index >= 15 is 0 Å². The number of carbonyl (C=O) groups is 6. The summed E-state index contributed by atoms with van der Waals surface area (Å²) in [6, 6.07) is 23.2. The number of hydrogen-bond acceptors (Lipinski definition) is 13. The summed E-state index contributed by atoms with van der Waals surface area (Å²) in [7, 11) is -3.32. The fourth-order valence-corrected chi connectivity index (χ4v) is 4.90. The van der Waals surface area contributed by atoms with Crippen molar-refractivity contribution in [2.24, 2.45) is 0 Å². The summed E-state index contributed by atoms with van der Waals surface area (Å²) < 4.78 is 20.1. The van der Waals surface area contributed by atoms with Crippen LogP contribution in [0.4, 0.5) is 0 Å². The molecule has 3 N–H and O–H groups in total. The van der Waals surface area contributed by atoms with E-state index < -0.39 is 33.5 Å². The third kappa shape index (κ3) is 42.4. The number of aldehydes is 1. The molecule has 0 atom stereocenters. The predicted molar refractivity (Wildman–Crippen MR) is 260 cm³/mol. The first-order valence-electron chi connectivity index (χ1n) is 19.8. The normalized spacial score (nSPS) is 10.2. The van der Waals surface area contributed by atoms with E-state index in [2.05, 4.69) is 0 Å². The fraction of sp³-hybridized carbons (Fsp3) is 0.333. The number of benzene rings is 3. The van der Waals surface area contributed by atoms with Crippen LogP contribution in [0.3, 0.4) is 0 Å². The van der Waals surface area contributed by atoms with Gasteiger partial charge in [0.15, 0.2) is 21.4 Å². The van der Waals surface area contributed by atoms with E-state index in [0.717, 1.165) is 45.9 Å². The van der Waals surface area contributed by atoms with E-state index in [0.29, 0.717) is 24.0 Å². The molecule has 0 bridgehead atoms. The predicted octanol–water partition coefficient (Wildman–Crippen LogP) is 6.50. The van der Waals surface area contributed by atoms with E-state index in [4.69, 9.17) is 34.5 Å². The Labute approximate surface area is 422 Å². The number of carboxylic acid groups (broad SMARTS) is 3. The van der Waals surface area contributed by atoms with Crippen molar-refractivity contribution in [1.82, 2.24) is 0 Å². The van der Waals surface area contributed by atoms with Crippen molar-refractivity contribution < 1.29 is 71.7 Å². The molecule has 0 saturated heterocycles. The van der Waals surface area contributed by atoms with Crippen molar-refractivity contribution in [2.75, 3.05) is 24.0 Å². The van der Waals surface area contributed by atoms with Crippen LogP contribution in [0.25, 0.3) is 12.2 Å². The quantitative estimate of drug-likeness (QED) is 0.168. The Hall–Kier alpha value is -4.03. The summed E-state index contributed by atoms with van der Waals surface area (Å²) in [6.07, 6.45) is 8.69. The molecule has 0 spiro atoms. The molecule has 20 heteroatoms. The van der Waals surface area contributed by atoms with Crippen molar-refractivity contribution in [3.05, 3.63) is 117 Å². The van der Waals surface area contributed by atoms with Gasteiger partial charge in [-0.05, 0) is 53.1 Å². The molecular weight excluding hydrogens is 923 g/mol. The number of rotatable bonds is 7. The van der Waals surface area contributed by atoms with Gasteiger partial charge in [-0.3, -0.25) is 28.8 Å². The number of sulfone groups is 1. The number of carboxylic acids is 3. The number of aliphatic carboxylic acids is 3. The molecule has 0 fully saturated rings. The molecule has 0 aromatic heterocycles. The molecule has 350 valence electrons. The van der Waals surface area contributed by atoms with Gasteiger partial charge in [0, 0.05) is 42.2 Å². The second-order valence-electron chi connectivity index (χ2n) is 10.9. The average molecular weight is 983 g/mol. The van der Waals surface area contributed by atoms with Crippen molar-refractivity contribution in [1.29, 1.82) is 0 Å². The van der Waals surface area contributed by atoms with Crippen molar-refractivity contribution in [3.8, 4) is 0 Å². The molecule has 0 aliphatic heterocycles. The average Bonchev–Trinajstić information content (AvgIpc) is 3.27. The number of Topliss-reactive ketones (excluding diaryl/α,β-unsaturated/α-hetero) is 2. The zero-order chi connectivity index (χ0) is 51.3. The SMILES string of the molecule is CC.CC.CC.CCC(=O)O.CS(=O)(=O)CC(=O)O.CSCC(=O)O.Cc1ccccc1C=O.O=C1Cc2ccccc2C=C1C1=Cc2ccccc2CC1=O.O=C=O.O=C=O.S.[Na][Na]. The van der Waals surface area contributed by atoms with E-state index in [-0.39, 0.29) is 49.5 Å². The van der Waals surface area contributed by atoms with Gasteiger partial charge in [0.2, 0.25) is 0 Å². The van der Waals surface area contributed by atoms with Crippen LogP contribution in [-0.2, 0) is 65.8 Å². The van der Waals surface area contributed by atoms with E-state index in [1.807, 2.05) is 133 Å². The van der Waals surface area contributed by atoms with Gasteiger partial charge in [0.25, 0.3) is 0 Å². The third-order valence-corrected chi connectivity index (χ3v) is 7.88. The van der Waals surface area contributed by atoms with Crippen LogP contribution in [0.15, 0.2) is 83.9 Å². The maximum atomic E-state index is 12.5. The topological polar surface area (TPSA) is 266 Å². The Bertz CT molecular complexity index is 1990. The zero-order valence-electron chi connectivity index (χ0n) is 39.3. The van der Waals surface area contributed by atoms with Gasteiger partial charge in [-0.25, -0.2) is 8.42 Å². The molecule has 0 saturated carbocycles. The van der Waals surface area contributed by atoms with Crippen LogP contribution in [0, 0.1) is 6.92 Å². The molecule has 0 radical (unpaired) electrons. The van der Waals surface area contributed by atoms with Gasteiger partial charge in [-0.2, -0.15) is 44.4 Å². The number of carbonyl (C=O) groups excluding carboxylic acids is 7. The fourth-order valence-electron chi connectivity index (χ4n) is 4.20. The number of ketones is 2. The Morgan fingerprint density at radius 1 is 0.677 bits per heavy atom. The molecule has 65 heavy (non-hydrogen) atoms. The third-order valence-electron chi connectivity index (χ3n) is 6.57. The van der Waals surface area contributed by atoms with Gasteiger partial charge < -0.3 is 15.3 Å². The molecule has 0 heterocycles. The van der Waals surface area contributed by atoms with Crippen molar-refractivity contribution in [2.45, 2.75) is 74.7 Å². The first-order chi connectivity index (χ1) is 30.3. The number of fused-ring (bicyclic) bond motifs is 2. The molecule has 2 aliphatic rings.